The van der Waals surface area contributed by atoms with Gasteiger partial charge < -0.3 is 15.9 Å². The lowest BCUT2D eigenvalue weighted by molar-refractivity contribution is -0.115. The molecule has 7 nitrogen and oxygen atoms in total. The largest absolute Gasteiger partial charge is 0.353 e. The summed E-state index contributed by atoms with van der Waals surface area (Å²) in [4.78, 5) is 33.8. The lowest BCUT2D eigenvalue weighted by Gasteiger charge is -2.11. The number of hydrogen-bond donors (Lipinski definition) is 3. The van der Waals surface area contributed by atoms with E-state index in [0.29, 0.717) is 22.0 Å². The average molecular weight is 459 g/mol. The van der Waals surface area contributed by atoms with Gasteiger partial charge in [-0.25, -0.2) is 14.4 Å². The lowest BCUT2D eigenvalue weighted by Crippen LogP contribution is -2.29. The first-order chi connectivity index (χ1) is 14.8. The Balaban J connectivity index is 1.85. The normalized spacial score (nSPS) is 10.6. The van der Waals surface area contributed by atoms with E-state index >= 15 is 0 Å². The fourth-order valence-corrected chi connectivity index (χ4v) is 3.95. The number of rotatable bonds is 7. The first-order valence-electron chi connectivity index (χ1n) is 9.31. The maximum absolute atomic E-state index is 14.1. The quantitative estimate of drug-likeness (QED) is 0.366. The number of aromatic nitrogens is 2. The molecule has 0 unspecified atom stereocenters. The van der Waals surface area contributed by atoms with Gasteiger partial charge in [-0.15, -0.1) is 0 Å². The van der Waals surface area contributed by atoms with Crippen LogP contribution in [0.15, 0.2) is 30.5 Å². The number of benzene rings is 1. The molecule has 3 aromatic rings. The first kappa shape index (κ1) is 22.9. The topological polar surface area (TPSA) is 96.0 Å². The van der Waals surface area contributed by atoms with Crippen LogP contribution < -0.4 is 15.9 Å². The summed E-state index contributed by atoms with van der Waals surface area (Å²) in [5.74, 6) is -1.46. The van der Waals surface area contributed by atoms with Gasteiger partial charge in [0, 0.05) is 11.8 Å². The van der Waals surface area contributed by atoms with Crippen molar-refractivity contribution in [2.45, 2.75) is 20.7 Å². The minimum absolute atomic E-state index is 0.0547. The summed E-state index contributed by atoms with van der Waals surface area (Å²) in [7, 11) is 1.68. The smallest absolute Gasteiger partial charge is 0.258 e. The third-order valence-electron chi connectivity index (χ3n) is 4.31. The molecule has 3 rings (SSSR count). The molecule has 0 saturated heterocycles. The van der Waals surface area contributed by atoms with Crippen LogP contribution in [-0.4, -0.2) is 35.7 Å². The number of nitrogens with zero attached hydrogens (tertiary/aromatic N) is 2. The third kappa shape index (κ3) is 5.46. The Morgan fingerprint density at radius 3 is 2.74 bits per heavy atom. The van der Waals surface area contributed by atoms with Crippen LogP contribution in [0, 0.1) is 19.7 Å². The van der Waals surface area contributed by atoms with Gasteiger partial charge in [0.15, 0.2) is 10.3 Å². The molecule has 2 amide bonds. The number of hydrogen-bond acceptors (Lipinski definition) is 6. The van der Waals surface area contributed by atoms with E-state index < -0.39 is 11.7 Å². The molecule has 0 aliphatic rings. The summed E-state index contributed by atoms with van der Waals surface area (Å²) in [6.45, 7) is 5.38. The second kappa shape index (κ2) is 9.99. The maximum Gasteiger partial charge on any atom is 0.258 e. The van der Waals surface area contributed by atoms with Crippen LogP contribution in [0.5, 0.6) is 0 Å². The van der Waals surface area contributed by atoms with Gasteiger partial charge in [0.1, 0.15) is 5.82 Å². The molecule has 0 bridgehead atoms. The number of aryl methyl sites for hydroxylation is 2. The van der Waals surface area contributed by atoms with Crippen molar-refractivity contribution in [2.75, 3.05) is 17.2 Å². The Labute approximate surface area is 188 Å². The molecule has 1 radical (unpaired) electrons. The van der Waals surface area contributed by atoms with Gasteiger partial charge in [-0.2, -0.15) is 0 Å². The molecular formula is C20H19BClFN5O2S. The fourth-order valence-electron chi connectivity index (χ4n) is 2.84. The van der Waals surface area contributed by atoms with Gasteiger partial charge in [-0.3, -0.25) is 9.59 Å². The van der Waals surface area contributed by atoms with Crippen LogP contribution in [0.1, 0.15) is 21.6 Å². The highest BCUT2D eigenvalue weighted by atomic mass is 35.5. The molecule has 11 heteroatoms. The van der Waals surface area contributed by atoms with Crippen molar-refractivity contribution in [1.82, 2.24) is 15.2 Å². The zero-order valence-corrected chi connectivity index (χ0v) is 18.6. The SMILES string of the molecule is C[B]NCC(=O)Nc1nc(C)c(-c2cnc(Cl)c(NC(=O)c3c(C)cccc3F)c2)s1. The number of carbonyl (C=O) groups is 2. The predicted molar refractivity (Wildman–Crippen MR) is 122 cm³/mol. The number of pyridine rings is 1. The molecule has 0 aliphatic carbocycles. The Morgan fingerprint density at radius 2 is 2.03 bits per heavy atom. The Kier molecular flexibility index (Phi) is 7.37. The van der Waals surface area contributed by atoms with Crippen molar-refractivity contribution in [3.63, 3.8) is 0 Å². The van der Waals surface area contributed by atoms with Crippen molar-refractivity contribution < 1.29 is 14.0 Å². The van der Waals surface area contributed by atoms with Crippen LogP contribution in [0.3, 0.4) is 0 Å². The molecular weight excluding hydrogens is 440 g/mol. The minimum atomic E-state index is -0.620. The second-order valence-corrected chi connectivity index (χ2v) is 7.96. The second-order valence-electron chi connectivity index (χ2n) is 6.60. The summed E-state index contributed by atoms with van der Waals surface area (Å²) >= 11 is 7.43. The highest BCUT2D eigenvalue weighted by Gasteiger charge is 2.18. The number of thiazole rings is 1. The summed E-state index contributed by atoms with van der Waals surface area (Å²) < 4.78 is 14.1. The molecule has 0 fully saturated rings. The van der Waals surface area contributed by atoms with Crippen molar-refractivity contribution in [3.05, 3.63) is 58.3 Å². The summed E-state index contributed by atoms with van der Waals surface area (Å²) in [6, 6.07) is 6.06. The first-order valence-corrected chi connectivity index (χ1v) is 10.5. The number of anilines is 2. The average Bonchev–Trinajstić information content (AvgIpc) is 3.07. The number of amides is 2. The summed E-state index contributed by atoms with van der Waals surface area (Å²) in [6.07, 6.45) is 1.55. The predicted octanol–water partition coefficient (Wildman–Crippen LogP) is 4.06. The molecule has 0 aliphatic heterocycles. The van der Waals surface area contributed by atoms with E-state index in [1.165, 1.54) is 23.5 Å². The van der Waals surface area contributed by atoms with Gasteiger partial charge in [-0.05, 0) is 31.5 Å². The zero-order chi connectivity index (χ0) is 22.5. The summed E-state index contributed by atoms with van der Waals surface area (Å²) in [5.41, 5.74) is 2.03. The molecule has 2 aromatic heterocycles. The standard InChI is InChI=1S/C20H19BClFN5O2S/c1-10-5-4-6-13(23)16(10)19(30)27-14-7-12(8-24-18(14)22)17-11(2)26-20(31-17)28-15(29)9-25-21-3/h4-8,25H,9H2,1-3H3,(H,27,30)(H,26,28,29). The van der Waals surface area contributed by atoms with E-state index in [-0.39, 0.29) is 28.9 Å². The zero-order valence-electron chi connectivity index (χ0n) is 17.0. The van der Waals surface area contributed by atoms with Crippen molar-refractivity contribution >= 4 is 53.0 Å². The van der Waals surface area contributed by atoms with E-state index in [4.69, 9.17) is 11.6 Å². The third-order valence-corrected chi connectivity index (χ3v) is 5.73. The van der Waals surface area contributed by atoms with Gasteiger partial charge in [0.05, 0.1) is 28.4 Å². The number of carbonyl (C=O) groups excluding carboxylic acids is 2. The molecule has 1 aromatic carbocycles. The Bertz CT molecular complexity index is 1120. The molecule has 159 valence electrons. The maximum atomic E-state index is 14.1. The van der Waals surface area contributed by atoms with Gasteiger partial charge in [0.2, 0.25) is 13.3 Å². The van der Waals surface area contributed by atoms with E-state index in [1.807, 2.05) is 0 Å². The number of halogens is 2. The lowest BCUT2D eigenvalue weighted by atomic mass is 10.0. The molecule has 31 heavy (non-hydrogen) atoms. The highest BCUT2D eigenvalue weighted by molar-refractivity contribution is 7.19. The van der Waals surface area contributed by atoms with Crippen molar-refractivity contribution in [1.29, 1.82) is 0 Å². The monoisotopic (exact) mass is 458 g/mol. The van der Waals surface area contributed by atoms with Gasteiger partial charge in [-0.1, -0.05) is 41.9 Å². The van der Waals surface area contributed by atoms with Crippen LogP contribution in [0.25, 0.3) is 10.4 Å². The Morgan fingerprint density at radius 1 is 1.26 bits per heavy atom. The fraction of sp³-hybridized carbons (Fsp3) is 0.200. The van der Waals surface area contributed by atoms with Crippen molar-refractivity contribution in [3.8, 4) is 10.4 Å². The molecule has 3 N–H and O–H groups in total. The summed E-state index contributed by atoms with van der Waals surface area (Å²) in [5, 5.41) is 8.70. The van der Waals surface area contributed by atoms with E-state index in [2.05, 4.69) is 25.8 Å². The van der Waals surface area contributed by atoms with Crippen LogP contribution in [0.4, 0.5) is 15.2 Å². The molecule has 0 saturated carbocycles. The van der Waals surface area contributed by atoms with Crippen molar-refractivity contribution in [2.24, 2.45) is 0 Å². The van der Waals surface area contributed by atoms with E-state index in [1.54, 1.807) is 46.4 Å². The van der Waals surface area contributed by atoms with Gasteiger partial charge >= 0.3 is 0 Å². The van der Waals surface area contributed by atoms with E-state index in [9.17, 15) is 14.0 Å². The van der Waals surface area contributed by atoms with Crippen LogP contribution >= 0.6 is 22.9 Å². The van der Waals surface area contributed by atoms with Crippen LogP contribution in [0.2, 0.25) is 12.0 Å². The number of nitrogens with one attached hydrogen (secondary N) is 3. The highest BCUT2D eigenvalue weighted by Crippen LogP contribution is 2.35. The van der Waals surface area contributed by atoms with Crippen LogP contribution in [-0.2, 0) is 4.79 Å². The molecule has 0 spiro atoms. The molecule has 0 atom stereocenters. The van der Waals surface area contributed by atoms with Gasteiger partial charge in [0.25, 0.3) is 5.91 Å². The molecule has 2 heterocycles. The Hall–Kier alpha value is -2.82. The minimum Gasteiger partial charge on any atom is -0.353 e. The van der Waals surface area contributed by atoms with E-state index in [0.717, 1.165) is 4.88 Å².